The molecular weight excluding hydrogens is 636 g/mol. The predicted octanol–water partition coefficient (Wildman–Crippen LogP) is 6.07. The summed E-state index contributed by atoms with van der Waals surface area (Å²) in [6.07, 6.45) is -0.983. The molecular formula is C40H46N2O8. The molecule has 2 saturated heterocycles. The Balaban J connectivity index is 1.02. The summed E-state index contributed by atoms with van der Waals surface area (Å²) in [6, 6.07) is 27.7. The summed E-state index contributed by atoms with van der Waals surface area (Å²) in [5.74, 6) is 2.59. The Hall–Kier alpha value is -4.35. The zero-order chi connectivity index (χ0) is 34.5. The van der Waals surface area contributed by atoms with Crippen LogP contribution in [0, 0.1) is 11.8 Å². The van der Waals surface area contributed by atoms with Crippen LogP contribution >= 0.6 is 0 Å². The Morgan fingerprint density at radius 2 is 1.68 bits per heavy atom. The SMILES string of the molecule is CC(C)CN(Cc1ccc2c(c1)OCO2)C[C@@H](O)[C@H](Cc1ccc(OCc2ccc3ccccc3c2)cc1)NC(=O)O[C@H]1CO[C@H]2OCC[C@H]21. The highest BCUT2D eigenvalue weighted by Crippen LogP contribution is 2.34. The second-order valence-electron chi connectivity index (χ2n) is 13.9. The quantitative estimate of drug-likeness (QED) is 0.164. The number of nitrogens with zero attached hydrogens (tertiary/aromatic N) is 1. The number of rotatable bonds is 14. The van der Waals surface area contributed by atoms with Gasteiger partial charge in [-0.15, -0.1) is 0 Å². The molecule has 3 aliphatic rings. The molecule has 10 nitrogen and oxygen atoms in total. The average molecular weight is 683 g/mol. The second-order valence-corrected chi connectivity index (χ2v) is 13.9. The molecule has 0 bridgehead atoms. The molecule has 0 radical (unpaired) electrons. The molecule has 50 heavy (non-hydrogen) atoms. The van der Waals surface area contributed by atoms with Gasteiger partial charge in [-0.1, -0.05) is 68.4 Å². The fourth-order valence-corrected chi connectivity index (χ4v) is 7.03. The number of aliphatic hydroxyl groups is 1. The van der Waals surface area contributed by atoms with Gasteiger partial charge in [0.05, 0.1) is 31.3 Å². The average Bonchev–Trinajstić information content (AvgIpc) is 3.86. The first-order valence-electron chi connectivity index (χ1n) is 17.5. The van der Waals surface area contributed by atoms with E-state index < -0.39 is 18.2 Å². The van der Waals surface area contributed by atoms with E-state index in [0.29, 0.717) is 45.2 Å². The number of nitrogens with one attached hydrogen (secondary N) is 1. The Kier molecular flexibility index (Phi) is 10.7. The molecule has 4 aromatic carbocycles. The Morgan fingerprint density at radius 3 is 2.52 bits per heavy atom. The van der Waals surface area contributed by atoms with Crippen LogP contribution in [0.2, 0.25) is 0 Å². The summed E-state index contributed by atoms with van der Waals surface area (Å²) in [6.45, 7) is 7.57. The first kappa shape index (κ1) is 34.1. The van der Waals surface area contributed by atoms with E-state index in [2.05, 4.69) is 54.4 Å². The van der Waals surface area contributed by atoms with Gasteiger partial charge in [-0.2, -0.15) is 0 Å². The van der Waals surface area contributed by atoms with Crippen molar-refractivity contribution in [3.63, 3.8) is 0 Å². The number of carbonyl (C=O) groups excluding carboxylic acids is 1. The highest BCUT2D eigenvalue weighted by atomic mass is 16.7. The van der Waals surface area contributed by atoms with Crippen molar-refractivity contribution in [1.29, 1.82) is 0 Å². The highest BCUT2D eigenvalue weighted by molar-refractivity contribution is 5.83. The minimum atomic E-state index is -0.887. The molecule has 2 fully saturated rings. The lowest BCUT2D eigenvalue weighted by Crippen LogP contribution is -2.50. The van der Waals surface area contributed by atoms with Crippen LogP contribution in [0.15, 0.2) is 84.9 Å². The van der Waals surface area contributed by atoms with Gasteiger partial charge in [0.2, 0.25) is 6.79 Å². The zero-order valence-electron chi connectivity index (χ0n) is 28.7. The molecule has 3 heterocycles. The zero-order valence-corrected chi connectivity index (χ0v) is 28.7. The molecule has 0 spiro atoms. The van der Waals surface area contributed by atoms with Crippen molar-refractivity contribution in [2.24, 2.45) is 11.8 Å². The molecule has 4 aromatic rings. The molecule has 10 heteroatoms. The van der Waals surface area contributed by atoms with Crippen molar-refractivity contribution in [3.05, 3.63) is 102 Å². The van der Waals surface area contributed by atoms with Crippen LogP contribution in [-0.2, 0) is 33.8 Å². The monoisotopic (exact) mass is 682 g/mol. The first-order valence-corrected chi connectivity index (χ1v) is 17.5. The van der Waals surface area contributed by atoms with Crippen LogP contribution in [-0.4, -0.2) is 73.7 Å². The fourth-order valence-electron chi connectivity index (χ4n) is 7.03. The van der Waals surface area contributed by atoms with Gasteiger partial charge in [0.1, 0.15) is 18.5 Å². The van der Waals surface area contributed by atoms with Gasteiger partial charge in [-0.05, 0) is 76.6 Å². The summed E-state index contributed by atoms with van der Waals surface area (Å²) in [7, 11) is 0. The van der Waals surface area contributed by atoms with E-state index in [-0.39, 0.29) is 25.1 Å². The van der Waals surface area contributed by atoms with E-state index in [1.807, 2.05) is 54.6 Å². The lowest BCUT2D eigenvalue weighted by Gasteiger charge is -2.31. The van der Waals surface area contributed by atoms with Crippen molar-refractivity contribution in [3.8, 4) is 17.2 Å². The predicted molar refractivity (Wildman–Crippen MR) is 188 cm³/mol. The van der Waals surface area contributed by atoms with Gasteiger partial charge >= 0.3 is 6.09 Å². The first-order chi connectivity index (χ1) is 24.4. The van der Waals surface area contributed by atoms with Gasteiger partial charge in [0.15, 0.2) is 17.8 Å². The number of alkyl carbamates (subject to hydrolysis) is 1. The Bertz CT molecular complexity index is 1750. The number of amides is 1. The molecule has 1 amide bonds. The number of benzene rings is 4. The van der Waals surface area contributed by atoms with E-state index in [1.54, 1.807) is 0 Å². The van der Waals surface area contributed by atoms with Gasteiger partial charge in [-0.3, -0.25) is 4.90 Å². The third-order valence-corrected chi connectivity index (χ3v) is 9.52. The Morgan fingerprint density at radius 1 is 0.900 bits per heavy atom. The number of hydrogen-bond donors (Lipinski definition) is 2. The number of fused-ring (bicyclic) bond motifs is 3. The second kappa shape index (κ2) is 15.7. The topological polar surface area (TPSA) is 108 Å². The fraction of sp³-hybridized carbons (Fsp3) is 0.425. The van der Waals surface area contributed by atoms with Crippen molar-refractivity contribution < 1.29 is 38.3 Å². The standard InChI is InChI=1S/C40H46N2O8/c1-26(2)20-42(21-28-10-14-36-37(19-28)49-25-48-36)22-35(43)34(41-40(44)50-38-24-47-39-33(38)15-16-45-39)18-27-8-12-32(13-9-27)46-23-29-7-11-30-5-3-4-6-31(30)17-29/h3-14,17,19,26,33-35,38-39,43H,15-16,18,20-25H2,1-2H3,(H,41,44)/t33-,34-,35+,38-,39+/m0/s1. The lowest BCUT2D eigenvalue weighted by molar-refractivity contribution is -0.0907. The minimum absolute atomic E-state index is 0.0227. The van der Waals surface area contributed by atoms with Gasteiger partial charge in [-0.25, -0.2) is 4.79 Å². The van der Waals surface area contributed by atoms with Crippen LogP contribution in [0.3, 0.4) is 0 Å². The maximum absolute atomic E-state index is 13.3. The van der Waals surface area contributed by atoms with Crippen molar-refractivity contribution in [2.45, 2.75) is 64.4 Å². The molecule has 2 N–H and O–H groups in total. The molecule has 7 rings (SSSR count). The van der Waals surface area contributed by atoms with Crippen LogP contribution in [0.1, 0.15) is 37.0 Å². The third-order valence-electron chi connectivity index (χ3n) is 9.52. The van der Waals surface area contributed by atoms with E-state index in [0.717, 1.165) is 46.9 Å². The van der Waals surface area contributed by atoms with E-state index >= 15 is 0 Å². The molecule has 264 valence electrons. The summed E-state index contributed by atoms with van der Waals surface area (Å²) in [5.41, 5.74) is 3.10. The molecule has 0 aromatic heterocycles. The van der Waals surface area contributed by atoms with E-state index in [1.165, 1.54) is 10.8 Å². The van der Waals surface area contributed by atoms with Crippen molar-refractivity contribution >= 4 is 16.9 Å². The van der Waals surface area contributed by atoms with Gasteiger partial charge in [0.25, 0.3) is 0 Å². The molecule has 0 unspecified atom stereocenters. The normalized spacial score (nSPS) is 20.6. The molecule has 0 saturated carbocycles. The lowest BCUT2D eigenvalue weighted by atomic mass is 10.00. The van der Waals surface area contributed by atoms with Gasteiger partial charge < -0.3 is 38.8 Å². The van der Waals surface area contributed by atoms with Gasteiger partial charge in [0, 0.05) is 19.6 Å². The molecule has 3 aliphatic heterocycles. The van der Waals surface area contributed by atoms with E-state index in [9.17, 15) is 9.90 Å². The molecule has 0 aliphatic carbocycles. The van der Waals surface area contributed by atoms with Crippen LogP contribution < -0.4 is 19.5 Å². The largest absolute Gasteiger partial charge is 0.489 e. The van der Waals surface area contributed by atoms with Crippen molar-refractivity contribution in [1.82, 2.24) is 10.2 Å². The summed E-state index contributed by atoms with van der Waals surface area (Å²) < 4.78 is 34.3. The van der Waals surface area contributed by atoms with E-state index in [4.69, 9.17) is 28.4 Å². The number of carbonyl (C=O) groups is 1. The number of ether oxygens (including phenoxy) is 6. The maximum Gasteiger partial charge on any atom is 0.407 e. The number of aliphatic hydroxyl groups excluding tert-OH is 1. The summed E-state index contributed by atoms with van der Waals surface area (Å²) in [4.78, 5) is 15.5. The van der Waals surface area contributed by atoms with Crippen LogP contribution in [0.25, 0.3) is 10.8 Å². The van der Waals surface area contributed by atoms with Crippen LogP contribution in [0.5, 0.6) is 17.2 Å². The third kappa shape index (κ3) is 8.50. The van der Waals surface area contributed by atoms with Crippen LogP contribution in [0.4, 0.5) is 4.79 Å². The van der Waals surface area contributed by atoms with Crippen molar-refractivity contribution in [2.75, 3.05) is 33.1 Å². The summed E-state index contributed by atoms with van der Waals surface area (Å²) >= 11 is 0. The highest BCUT2D eigenvalue weighted by Gasteiger charge is 2.44. The minimum Gasteiger partial charge on any atom is -0.489 e. The smallest absolute Gasteiger partial charge is 0.407 e. The molecule has 5 atom stereocenters. The number of hydrogen-bond acceptors (Lipinski definition) is 9. The Labute approximate surface area is 293 Å². The summed E-state index contributed by atoms with van der Waals surface area (Å²) in [5, 5.41) is 17.1. The maximum atomic E-state index is 13.3.